The van der Waals surface area contributed by atoms with E-state index in [0.717, 1.165) is 0 Å². The van der Waals surface area contributed by atoms with Gasteiger partial charge in [-0.3, -0.25) is 9.59 Å². The number of carboxylic acids is 1. The van der Waals surface area contributed by atoms with Crippen molar-refractivity contribution in [3.8, 4) is 0 Å². The first-order valence-corrected chi connectivity index (χ1v) is 4.05. The second-order valence-corrected chi connectivity index (χ2v) is 3.90. The predicted molar refractivity (Wildman–Crippen MR) is 48.1 cm³/mol. The van der Waals surface area contributed by atoms with Crippen LogP contribution in [-0.2, 0) is 9.59 Å². The normalized spacial score (nSPS) is 13.5. The molecule has 76 valence electrons. The zero-order valence-electron chi connectivity index (χ0n) is 8.50. The molecule has 0 saturated heterocycles. The summed E-state index contributed by atoms with van der Waals surface area (Å²) in [5.74, 6) is -1.27. The number of aliphatic carboxylic acids is 1. The summed E-state index contributed by atoms with van der Waals surface area (Å²) in [6.45, 7) is 1.44. The van der Waals surface area contributed by atoms with Crippen LogP contribution in [0.25, 0.3) is 0 Å². The van der Waals surface area contributed by atoms with Gasteiger partial charge in [0.2, 0.25) is 0 Å². The number of hydrogen-bond acceptors (Lipinski definition) is 2. The Balaban J connectivity index is 4.05. The summed E-state index contributed by atoms with van der Waals surface area (Å²) in [6, 6.07) is -0.251. The zero-order chi connectivity index (χ0) is 10.6. The molecule has 1 unspecified atom stereocenters. The van der Waals surface area contributed by atoms with Crippen molar-refractivity contribution in [1.82, 2.24) is 5.32 Å². The summed E-state index contributed by atoms with van der Waals surface area (Å²) in [4.78, 5) is 21.5. The van der Waals surface area contributed by atoms with E-state index in [2.05, 4.69) is 5.32 Å². The maximum absolute atomic E-state index is 11.3. The zero-order valence-corrected chi connectivity index (χ0v) is 8.50. The van der Waals surface area contributed by atoms with Crippen molar-refractivity contribution in [1.29, 1.82) is 0 Å². The second-order valence-electron chi connectivity index (χ2n) is 3.90. The number of amides is 1. The summed E-state index contributed by atoms with van der Waals surface area (Å²) in [5.41, 5.74) is 0. The van der Waals surface area contributed by atoms with Crippen molar-refractivity contribution in [3.05, 3.63) is 0 Å². The first-order valence-electron chi connectivity index (χ1n) is 4.05. The van der Waals surface area contributed by atoms with Gasteiger partial charge in [0.05, 0.1) is 21.1 Å². The number of carbonyl (C=O) groups excluding carboxylic acids is 1. The van der Waals surface area contributed by atoms with E-state index in [-0.39, 0.29) is 18.5 Å². The van der Waals surface area contributed by atoms with Crippen molar-refractivity contribution in [3.63, 3.8) is 0 Å². The van der Waals surface area contributed by atoms with E-state index in [4.69, 9.17) is 5.11 Å². The quantitative estimate of drug-likeness (QED) is 0.574. The Bertz CT molecular complexity index is 208. The van der Waals surface area contributed by atoms with Gasteiger partial charge < -0.3 is 14.9 Å². The molecular formula is C8H17N2O3+. The molecule has 0 heterocycles. The average Bonchev–Trinajstić information content (AvgIpc) is 1.96. The molecule has 0 spiro atoms. The number of rotatable bonds is 4. The molecule has 0 aliphatic heterocycles. The molecule has 0 aliphatic rings. The van der Waals surface area contributed by atoms with E-state index in [1.165, 1.54) is 0 Å². The fraction of sp³-hybridized carbons (Fsp3) is 0.750. The summed E-state index contributed by atoms with van der Waals surface area (Å²) < 4.78 is 0.478. The molecule has 0 rings (SSSR count). The van der Waals surface area contributed by atoms with Crippen LogP contribution in [0.5, 0.6) is 0 Å². The van der Waals surface area contributed by atoms with Gasteiger partial charge in [0.1, 0.15) is 6.54 Å². The highest BCUT2D eigenvalue weighted by Gasteiger charge is 2.26. The van der Waals surface area contributed by atoms with E-state index >= 15 is 0 Å². The Labute approximate surface area is 77.9 Å². The number of carbonyl (C=O) groups is 2. The minimum atomic E-state index is -1.03. The fourth-order valence-electron chi connectivity index (χ4n) is 0.662. The molecule has 0 saturated carbocycles. The van der Waals surface area contributed by atoms with Crippen LogP contribution in [0.15, 0.2) is 0 Å². The Kier molecular flexibility index (Phi) is 3.87. The fourth-order valence-corrected chi connectivity index (χ4v) is 0.662. The lowest BCUT2D eigenvalue weighted by Crippen LogP contribution is -2.52. The molecule has 0 aromatic rings. The highest BCUT2D eigenvalue weighted by Crippen LogP contribution is 2.00. The number of hydrogen-bond donors (Lipinski definition) is 2. The summed E-state index contributed by atoms with van der Waals surface area (Å²) in [5, 5.41) is 10.7. The maximum atomic E-state index is 11.3. The maximum Gasteiger partial charge on any atom is 0.322 e. The molecule has 1 amide bonds. The largest absolute Gasteiger partial charge is 0.480 e. The topological polar surface area (TPSA) is 66.4 Å². The van der Waals surface area contributed by atoms with Gasteiger partial charge in [-0.05, 0) is 6.92 Å². The van der Waals surface area contributed by atoms with Gasteiger partial charge in [-0.15, -0.1) is 0 Å². The second kappa shape index (κ2) is 4.23. The van der Waals surface area contributed by atoms with E-state index in [1.807, 2.05) is 21.1 Å². The highest BCUT2D eigenvalue weighted by molar-refractivity contribution is 5.84. The van der Waals surface area contributed by atoms with E-state index < -0.39 is 5.97 Å². The van der Waals surface area contributed by atoms with Crippen molar-refractivity contribution >= 4 is 11.9 Å². The molecule has 0 aromatic carbocycles. The Morgan fingerprint density at radius 2 is 1.85 bits per heavy atom. The van der Waals surface area contributed by atoms with Gasteiger partial charge in [-0.2, -0.15) is 0 Å². The molecule has 5 heteroatoms. The van der Waals surface area contributed by atoms with Crippen molar-refractivity contribution < 1.29 is 19.2 Å². The SMILES string of the molecule is CC(C(=O)NCC(=O)O)[N+](C)(C)C. The molecule has 0 fully saturated rings. The summed E-state index contributed by atoms with van der Waals surface area (Å²) in [6.07, 6.45) is 0. The van der Waals surface area contributed by atoms with E-state index in [1.54, 1.807) is 6.92 Å². The summed E-state index contributed by atoms with van der Waals surface area (Å²) >= 11 is 0. The molecule has 2 N–H and O–H groups in total. The van der Waals surface area contributed by atoms with Crippen LogP contribution in [-0.4, -0.2) is 55.2 Å². The number of carboxylic acid groups (broad SMARTS) is 1. The first kappa shape index (κ1) is 11.9. The van der Waals surface area contributed by atoms with E-state index in [9.17, 15) is 9.59 Å². The summed E-state index contributed by atoms with van der Waals surface area (Å²) in [7, 11) is 5.64. The first-order chi connectivity index (χ1) is 5.75. The van der Waals surface area contributed by atoms with Gasteiger partial charge in [0.15, 0.2) is 6.04 Å². The Hall–Kier alpha value is -1.10. The molecule has 0 radical (unpaired) electrons. The van der Waals surface area contributed by atoms with Crippen LogP contribution in [0.1, 0.15) is 6.92 Å². The number of likely N-dealkylation sites (N-methyl/N-ethyl adjacent to an activating group) is 1. The van der Waals surface area contributed by atoms with Gasteiger partial charge in [0, 0.05) is 0 Å². The van der Waals surface area contributed by atoms with Gasteiger partial charge >= 0.3 is 5.97 Å². The van der Waals surface area contributed by atoms with Crippen LogP contribution in [0.4, 0.5) is 0 Å². The lowest BCUT2D eigenvalue weighted by molar-refractivity contribution is -0.884. The third-order valence-corrected chi connectivity index (χ3v) is 1.96. The Morgan fingerprint density at radius 1 is 1.38 bits per heavy atom. The number of nitrogens with zero attached hydrogens (tertiary/aromatic N) is 1. The average molecular weight is 189 g/mol. The molecule has 13 heavy (non-hydrogen) atoms. The molecular weight excluding hydrogens is 172 g/mol. The van der Waals surface area contributed by atoms with Crippen molar-refractivity contribution in [2.24, 2.45) is 0 Å². The van der Waals surface area contributed by atoms with Gasteiger partial charge in [0.25, 0.3) is 5.91 Å². The van der Waals surface area contributed by atoms with Crippen molar-refractivity contribution in [2.75, 3.05) is 27.7 Å². The monoisotopic (exact) mass is 189 g/mol. The predicted octanol–water partition coefficient (Wildman–Crippen LogP) is -0.718. The number of quaternary nitrogens is 1. The standard InChI is InChI=1S/C8H16N2O3/c1-6(10(2,3)4)8(13)9-5-7(11)12/h6H,5H2,1-4H3,(H-,9,11,12,13)/p+1. The lowest BCUT2D eigenvalue weighted by atomic mass is 10.2. The Morgan fingerprint density at radius 3 is 2.15 bits per heavy atom. The molecule has 1 atom stereocenters. The van der Waals surface area contributed by atoms with Crippen LogP contribution in [0.3, 0.4) is 0 Å². The van der Waals surface area contributed by atoms with Gasteiger partial charge in [-0.25, -0.2) is 0 Å². The minimum absolute atomic E-state index is 0.241. The van der Waals surface area contributed by atoms with Gasteiger partial charge in [-0.1, -0.05) is 0 Å². The molecule has 0 aromatic heterocycles. The highest BCUT2D eigenvalue weighted by atomic mass is 16.4. The van der Waals surface area contributed by atoms with Crippen molar-refractivity contribution in [2.45, 2.75) is 13.0 Å². The van der Waals surface area contributed by atoms with E-state index in [0.29, 0.717) is 4.48 Å². The number of nitrogens with one attached hydrogen (secondary N) is 1. The molecule has 0 bridgehead atoms. The van der Waals surface area contributed by atoms with Crippen LogP contribution < -0.4 is 5.32 Å². The minimum Gasteiger partial charge on any atom is -0.480 e. The van der Waals surface area contributed by atoms with Crippen LogP contribution in [0.2, 0.25) is 0 Å². The lowest BCUT2D eigenvalue weighted by Gasteiger charge is -2.30. The van der Waals surface area contributed by atoms with Crippen LogP contribution >= 0.6 is 0 Å². The third kappa shape index (κ3) is 4.47. The molecule has 0 aliphatic carbocycles. The molecule has 5 nitrogen and oxygen atoms in total. The van der Waals surface area contributed by atoms with Crippen LogP contribution in [0, 0.1) is 0 Å². The third-order valence-electron chi connectivity index (χ3n) is 1.96. The smallest absolute Gasteiger partial charge is 0.322 e.